The lowest BCUT2D eigenvalue weighted by atomic mass is 10.1. The Labute approximate surface area is 214 Å². The monoisotopic (exact) mass is 500 g/mol. The van der Waals surface area contributed by atoms with Crippen molar-refractivity contribution in [2.75, 3.05) is 19.7 Å². The van der Waals surface area contributed by atoms with E-state index in [-0.39, 0.29) is 41.6 Å². The van der Waals surface area contributed by atoms with Crippen LogP contribution in [0.5, 0.6) is 5.75 Å². The Morgan fingerprint density at radius 3 is 2.41 bits per heavy atom. The highest BCUT2D eigenvalue weighted by atomic mass is 19.1. The van der Waals surface area contributed by atoms with Gasteiger partial charge in [-0.05, 0) is 43.7 Å². The average molecular weight is 501 g/mol. The van der Waals surface area contributed by atoms with Gasteiger partial charge in [-0.15, -0.1) is 0 Å². The van der Waals surface area contributed by atoms with Crippen LogP contribution in [0.1, 0.15) is 19.4 Å². The fraction of sp³-hybridized carbons (Fsp3) is 0.267. The van der Waals surface area contributed by atoms with Crippen LogP contribution in [0, 0.1) is 5.82 Å². The quantitative estimate of drug-likeness (QED) is 0.369. The van der Waals surface area contributed by atoms with Crippen molar-refractivity contribution in [1.82, 2.24) is 9.80 Å². The third kappa shape index (κ3) is 5.27. The number of fused-ring (bicyclic) bond motifs is 1. The molecule has 5 rings (SSSR count). The van der Waals surface area contributed by atoms with Crippen molar-refractivity contribution in [1.29, 1.82) is 0 Å². The molecule has 1 aliphatic rings. The summed E-state index contributed by atoms with van der Waals surface area (Å²) >= 11 is 0. The number of halogens is 1. The molecule has 1 amide bonds. The van der Waals surface area contributed by atoms with E-state index in [1.807, 2.05) is 43.3 Å². The Hall–Kier alpha value is -3.97. The molecule has 1 aromatic heterocycles. The largest absolute Gasteiger partial charge is 0.476 e. The molecule has 1 saturated heterocycles. The number of amides is 1. The van der Waals surface area contributed by atoms with E-state index in [9.17, 15) is 14.0 Å². The molecule has 1 aliphatic heterocycles. The van der Waals surface area contributed by atoms with Gasteiger partial charge in [-0.3, -0.25) is 14.5 Å². The van der Waals surface area contributed by atoms with Crippen LogP contribution in [-0.4, -0.2) is 47.5 Å². The molecule has 190 valence electrons. The second-order valence-electron chi connectivity index (χ2n) is 9.54. The summed E-state index contributed by atoms with van der Waals surface area (Å²) in [5.74, 6) is -0.0969. The first-order chi connectivity index (χ1) is 17.9. The molecule has 0 spiro atoms. The number of ether oxygens (including phenoxy) is 1. The number of carbonyl (C=O) groups is 1. The van der Waals surface area contributed by atoms with Crippen molar-refractivity contribution < 1.29 is 18.3 Å². The minimum atomic E-state index is -0.306. The molecule has 0 N–H and O–H groups in total. The van der Waals surface area contributed by atoms with Crippen LogP contribution < -0.4 is 10.2 Å². The lowest BCUT2D eigenvalue weighted by molar-refractivity contribution is -0.139. The van der Waals surface area contributed by atoms with Crippen molar-refractivity contribution in [3.8, 4) is 17.1 Å². The topological polar surface area (TPSA) is 63.0 Å². The summed E-state index contributed by atoms with van der Waals surface area (Å²) in [5, 5.41) is 0.404. The lowest BCUT2D eigenvalue weighted by Crippen LogP contribution is -2.58. The zero-order chi connectivity index (χ0) is 25.9. The van der Waals surface area contributed by atoms with Gasteiger partial charge in [-0.1, -0.05) is 54.6 Å². The zero-order valence-electron chi connectivity index (χ0n) is 20.9. The first-order valence-corrected chi connectivity index (χ1v) is 12.4. The molecular weight excluding hydrogens is 471 g/mol. The molecule has 0 saturated carbocycles. The number of para-hydroxylation sites is 1. The molecular formula is C30H29FN2O4. The SMILES string of the molecule is C[C@@H]1CN(C(=O)COc2c(-c3ccccc3)oc3ccccc3c2=O)[C@@H](C)CN1Cc1ccc(F)cc1. The maximum Gasteiger partial charge on any atom is 0.260 e. The standard InChI is InChI=1S/C30H29FN2O4/c1-20-17-33(21(2)16-32(20)18-22-12-14-24(31)15-13-22)27(34)19-36-30-28(35)25-10-6-7-11-26(25)37-29(30)23-8-4-3-5-9-23/h3-15,20-21H,16-19H2,1-2H3/t20-,21+/m1/s1. The summed E-state index contributed by atoms with van der Waals surface area (Å²) in [6.45, 7) is 5.70. The normalized spacial score (nSPS) is 18.2. The van der Waals surface area contributed by atoms with Crippen molar-refractivity contribution in [2.45, 2.75) is 32.5 Å². The summed E-state index contributed by atoms with van der Waals surface area (Å²) in [6.07, 6.45) is 0. The number of hydrogen-bond acceptors (Lipinski definition) is 5. The lowest BCUT2D eigenvalue weighted by Gasteiger charge is -2.44. The van der Waals surface area contributed by atoms with Crippen molar-refractivity contribution in [3.05, 3.63) is 100 Å². The fourth-order valence-corrected chi connectivity index (χ4v) is 4.84. The number of piperazine rings is 1. The van der Waals surface area contributed by atoms with Gasteiger partial charge in [0.25, 0.3) is 5.91 Å². The molecule has 37 heavy (non-hydrogen) atoms. The number of nitrogens with zero attached hydrogens (tertiary/aromatic N) is 2. The average Bonchev–Trinajstić information content (AvgIpc) is 2.91. The van der Waals surface area contributed by atoms with Gasteiger partial charge in [0.2, 0.25) is 11.2 Å². The van der Waals surface area contributed by atoms with Crippen LogP contribution in [-0.2, 0) is 11.3 Å². The summed E-state index contributed by atoms with van der Waals surface area (Å²) in [4.78, 5) is 30.7. The fourth-order valence-electron chi connectivity index (χ4n) is 4.84. The van der Waals surface area contributed by atoms with Crippen molar-refractivity contribution in [3.63, 3.8) is 0 Å². The maximum absolute atomic E-state index is 13.3. The van der Waals surface area contributed by atoms with Crippen LogP contribution in [0.15, 0.2) is 88.1 Å². The Bertz CT molecular complexity index is 1450. The molecule has 7 heteroatoms. The number of carbonyl (C=O) groups excluding carboxylic acids is 1. The molecule has 1 fully saturated rings. The minimum Gasteiger partial charge on any atom is -0.476 e. The Morgan fingerprint density at radius 1 is 0.946 bits per heavy atom. The van der Waals surface area contributed by atoms with Crippen LogP contribution in [0.2, 0.25) is 0 Å². The minimum absolute atomic E-state index is 0.0360. The second kappa shape index (κ2) is 10.6. The van der Waals surface area contributed by atoms with Gasteiger partial charge in [-0.2, -0.15) is 0 Å². The van der Waals surface area contributed by atoms with Gasteiger partial charge < -0.3 is 14.1 Å². The van der Waals surface area contributed by atoms with Crippen LogP contribution in [0.3, 0.4) is 0 Å². The summed E-state index contributed by atoms with van der Waals surface area (Å²) in [5.41, 5.74) is 1.88. The molecule has 6 nitrogen and oxygen atoms in total. The number of benzene rings is 3. The van der Waals surface area contributed by atoms with E-state index < -0.39 is 0 Å². The first kappa shape index (κ1) is 24.7. The third-order valence-electron chi connectivity index (χ3n) is 6.87. The van der Waals surface area contributed by atoms with E-state index in [0.717, 1.165) is 5.56 Å². The van der Waals surface area contributed by atoms with Crippen molar-refractivity contribution >= 4 is 16.9 Å². The maximum atomic E-state index is 13.3. The highest BCUT2D eigenvalue weighted by Gasteiger charge is 2.32. The third-order valence-corrected chi connectivity index (χ3v) is 6.87. The van der Waals surface area contributed by atoms with Gasteiger partial charge in [0.1, 0.15) is 11.4 Å². The molecule has 0 aliphatic carbocycles. The molecule has 0 unspecified atom stereocenters. The van der Waals surface area contributed by atoms with Crippen molar-refractivity contribution in [2.24, 2.45) is 0 Å². The van der Waals surface area contributed by atoms with Crippen LogP contribution >= 0.6 is 0 Å². The van der Waals surface area contributed by atoms with Gasteiger partial charge in [0.15, 0.2) is 12.4 Å². The van der Waals surface area contributed by atoms with Gasteiger partial charge in [0.05, 0.1) is 5.39 Å². The smallest absolute Gasteiger partial charge is 0.260 e. The second-order valence-corrected chi connectivity index (χ2v) is 9.54. The Morgan fingerprint density at radius 2 is 1.65 bits per heavy atom. The number of rotatable bonds is 6. The molecule has 3 aromatic carbocycles. The van der Waals surface area contributed by atoms with Gasteiger partial charge in [0, 0.05) is 37.3 Å². The Balaban J connectivity index is 1.32. The molecule has 2 heterocycles. The first-order valence-electron chi connectivity index (χ1n) is 12.4. The van der Waals surface area contributed by atoms with E-state index in [1.165, 1.54) is 12.1 Å². The van der Waals surface area contributed by atoms with E-state index in [2.05, 4.69) is 11.8 Å². The van der Waals surface area contributed by atoms with E-state index >= 15 is 0 Å². The molecule has 0 bridgehead atoms. The van der Waals surface area contributed by atoms with Crippen LogP contribution in [0.4, 0.5) is 4.39 Å². The highest BCUT2D eigenvalue weighted by Crippen LogP contribution is 2.31. The predicted octanol–water partition coefficient (Wildman–Crippen LogP) is 5.10. The van der Waals surface area contributed by atoms with E-state index in [1.54, 1.807) is 35.2 Å². The molecule has 4 aromatic rings. The molecule has 2 atom stereocenters. The summed E-state index contributed by atoms with van der Waals surface area (Å²) in [7, 11) is 0. The summed E-state index contributed by atoms with van der Waals surface area (Å²) < 4.78 is 25.3. The predicted molar refractivity (Wildman–Crippen MR) is 141 cm³/mol. The highest BCUT2D eigenvalue weighted by molar-refractivity contribution is 5.83. The van der Waals surface area contributed by atoms with E-state index in [0.29, 0.717) is 41.9 Å². The Kier molecular flexibility index (Phi) is 7.06. The van der Waals surface area contributed by atoms with Gasteiger partial charge >= 0.3 is 0 Å². The number of hydrogen-bond donors (Lipinski definition) is 0. The van der Waals surface area contributed by atoms with E-state index in [4.69, 9.17) is 9.15 Å². The van der Waals surface area contributed by atoms with Crippen LogP contribution in [0.25, 0.3) is 22.3 Å². The zero-order valence-corrected chi connectivity index (χ0v) is 20.9. The summed E-state index contributed by atoms with van der Waals surface area (Å²) in [6, 6.07) is 22.8. The molecule has 0 radical (unpaired) electrons. The van der Waals surface area contributed by atoms with Gasteiger partial charge in [-0.25, -0.2) is 4.39 Å².